The number of hydrogen-bond acceptors (Lipinski definition) is 4. The summed E-state index contributed by atoms with van der Waals surface area (Å²) in [6.45, 7) is 0.643. The first kappa shape index (κ1) is 12.3. The Balaban J connectivity index is 1.84. The van der Waals surface area contributed by atoms with Gasteiger partial charge in [0.2, 0.25) is 0 Å². The van der Waals surface area contributed by atoms with Crippen LogP contribution in [0.5, 0.6) is 0 Å². The van der Waals surface area contributed by atoms with Crippen LogP contribution < -0.4 is 0 Å². The second kappa shape index (κ2) is 5.45. The quantitative estimate of drug-likeness (QED) is 0.756. The van der Waals surface area contributed by atoms with Crippen LogP contribution in [0.3, 0.4) is 0 Å². The van der Waals surface area contributed by atoms with Crippen molar-refractivity contribution in [1.29, 1.82) is 0 Å². The first-order valence-corrected chi connectivity index (χ1v) is 6.25. The molecule has 0 radical (unpaired) electrons. The molecule has 16 heavy (non-hydrogen) atoms. The van der Waals surface area contributed by atoms with E-state index < -0.39 is 5.41 Å². The molecule has 1 aliphatic heterocycles. The molecule has 4 nitrogen and oxygen atoms in total. The fourth-order valence-corrected chi connectivity index (χ4v) is 2.52. The molecule has 0 amide bonds. The third kappa shape index (κ3) is 2.56. The Morgan fingerprint density at radius 3 is 2.00 bits per heavy atom. The van der Waals surface area contributed by atoms with Gasteiger partial charge < -0.3 is 19.7 Å². The Labute approximate surface area is 96.6 Å². The summed E-state index contributed by atoms with van der Waals surface area (Å²) in [7, 11) is 0. The van der Waals surface area contributed by atoms with Crippen molar-refractivity contribution in [1.82, 2.24) is 0 Å². The lowest BCUT2D eigenvalue weighted by Gasteiger charge is -2.40. The van der Waals surface area contributed by atoms with Crippen molar-refractivity contribution in [2.24, 2.45) is 11.3 Å². The minimum atomic E-state index is -0.592. The Kier molecular flexibility index (Phi) is 4.19. The number of aliphatic hydroxyl groups excluding tert-OH is 2. The summed E-state index contributed by atoms with van der Waals surface area (Å²) >= 11 is 0. The first-order chi connectivity index (χ1) is 7.79. The maximum atomic E-state index is 9.22. The molecule has 0 aromatic carbocycles. The van der Waals surface area contributed by atoms with Crippen LogP contribution in [0, 0.1) is 11.3 Å². The van der Waals surface area contributed by atoms with Gasteiger partial charge in [-0.1, -0.05) is 19.3 Å². The summed E-state index contributed by atoms with van der Waals surface area (Å²) in [6, 6.07) is 0. The second-order valence-electron chi connectivity index (χ2n) is 5.20. The summed E-state index contributed by atoms with van der Waals surface area (Å²) in [6.07, 6.45) is 6.08. The van der Waals surface area contributed by atoms with E-state index in [1.54, 1.807) is 0 Å². The van der Waals surface area contributed by atoms with Gasteiger partial charge in [-0.2, -0.15) is 0 Å². The lowest BCUT2D eigenvalue weighted by Crippen LogP contribution is -2.48. The van der Waals surface area contributed by atoms with Crippen LogP contribution in [-0.4, -0.2) is 42.9 Å². The van der Waals surface area contributed by atoms with E-state index in [1.807, 2.05) is 0 Å². The van der Waals surface area contributed by atoms with Crippen molar-refractivity contribution in [3.8, 4) is 0 Å². The van der Waals surface area contributed by atoms with Gasteiger partial charge in [-0.05, 0) is 12.8 Å². The Morgan fingerprint density at radius 1 is 0.938 bits per heavy atom. The van der Waals surface area contributed by atoms with E-state index in [1.165, 1.54) is 32.1 Å². The topological polar surface area (TPSA) is 58.9 Å². The molecule has 2 aliphatic rings. The van der Waals surface area contributed by atoms with Gasteiger partial charge in [0.15, 0.2) is 6.29 Å². The van der Waals surface area contributed by atoms with Crippen LogP contribution in [-0.2, 0) is 9.47 Å². The molecule has 1 heterocycles. The number of aliphatic hydroxyl groups is 2. The Hall–Kier alpha value is -0.160. The predicted octanol–water partition coefficient (Wildman–Crippen LogP) is 0.911. The molecule has 4 heteroatoms. The molecule has 0 unspecified atom stereocenters. The molecular formula is C12H22O4. The van der Waals surface area contributed by atoms with Crippen LogP contribution in [0.15, 0.2) is 0 Å². The fraction of sp³-hybridized carbons (Fsp3) is 1.00. The van der Waals surface area contributed by atoms with E-state index in [0.717, 1.165) is 0 Å². The van der Waals surface area contributed by atoms with Gasteiger partial charge in [0.1, 0.15) is 0 Å². The van der Waals surface area contributed by atoms with E-state index in [4.69, 9.17) is 9.47 Å². The Bertz CT molecular complexity index is 199. The molecule has 0 bridgehead atoms. The van der Waals surface area contributed by atoms with Crippen molar-refractivity contribution in [3.63, 3.8) is 0 Å². The third-order valence-electron chi connectivity index (χ3n) is 3.81. The lowest BCUT2D eigenvalue weighted by atomic mass is 9.87. The molecule has 1 saturated carbocycles. The van der Waals surface area contributed by atoms with Gasteiger partial charge >= 0.3 is 0 Å². The van der Waals surface area contributed by atoms with E-state index in [9.17, 15) is 10.2 Å². The molecule has 1 aliphatic carbocycles. The zero-order valence-electron chi connectivity index (χ0n) is 9.73. The van der Waals surface area contributed by atoms with E-state index >= 15 is 0 Å². The zero-order chi connectivity index (χ0) is 11.4. The normalized spacial score (nSPS) is 28.1. The summed E-state index contributed by atoms with van der Waals surface area (Å²) in [5, 5.41) is 18.4. The monoisotopic (exact) mass is 230 g/mol. The maximum Gasteiger partial charge on any atom is 0.160 e. The van der Waals surface area contributed by atoms with Gasteiger partial charge in [0, 0.05) is 5.92 Å². The van der Waals surface area contributed by atoms with Crippen molar-refractivity contribution in [2.45, 2.75) is 38.4 Å². The molecule has 94 valence electrons. The van der Waals surface area contributed by atoms with Gasteiger partial charge in [0.25, 0.3) is 0 Å². The Morgan fingerprint density at radius 2 is 1.50 bits per heavy atom. The predicted molar refractivity (Wildman–Crippen MR) is 58.9 cm³/mol. The highest BCUT2D eigenvalue weighted by Crippen LogP contribution is 2.33. The average molecular weight is 230 g/mol. The molecule has 0 spiro atoms. The van der Waals surface area contributed by atoms with Crippen molar-refractivity contribution in [3.05, 3.63) is 0 Å². The van der Waals surface area contributed by atoms with Crippen LogP contribution >= 0.6 is 0 Å². The maximum absolute atomic E-state index is 9.22. The SMILES string of the molecule is OCC1(CO)COC(C2CCCCC2)OC1. The molecule has 2 N–H and O–H groups in total. The third-order valence-corrected chi connectivity index (χ3v) is 3.81. The molecule has 0 aromatic heterocycles. The van der Waals surface area contributed by atoms with Gasteiger partial charge in [-0.3, -0.25) is 0 Å². The molecule has 2 rings (SSSR count). The zero-order valence-corrected chi connectivity index (χ0v) is 9.73. The van der Waals surface area contributed by atoms with Crippen molar-refractivity contribution >= 4 is 0 Å². The molecular weight excluding hydrogens is 208 g/mol. The van der Waals surface area contributed by atoms with Gasteiger partial charge in [-0.25, -0.2) is 0 Å². The first-order valence-electron chi connectivity index (χ1n) is 6.25. The smallest absolute Gasteiger partial charge is 0.160 e. The van der Waals surface area contributed by atoms with Crippen molar-refractivity contribution < 1.29 is 19.7 Å². The summed E-state index contributed by atoms with van der Waals surface area (Å²) in [5.74, 6) is 0.504. The minimum absolute atomic E-state index is 0.0825. The highest BCUT2D eigenvalue weighted by atomic mass is 16.7. The molecule has 1 saturated heterocycles. The number of hydrogen-bond donors (Lipinski definition) is 2. The standard InChI is InChI=1S/C12H22O4/c13-6-12(7-14)8-15-11(16-9-12)10-4-2-1-3-5-10/h10-11,13-14H,1-9H2. The van der Waals surface area contributed by atoms with Crippen LogP contribution in [0.2, 0.25) is 0 Å². The highest BCUT2D eigenvalue weighted by molar-refractivity contribution is 4.82. The fourth-order valence-electron chi connectivity index (χ4n) is 2.52. The van der Waals surface area contributed by atoms with Crippen LogP contribution in [0.1, 0.15) is 32.1 Å². The number of ether oxygens (including phenoxy) is 2. The van der Waals surface area contributed by atoms with Crippen LogP contribution in [0.4, 0.5) is 0 Å². The summed E-state index contributed by atoms with van der Waals surface area (Å²) < 4.78 is 11.3. The molecule has 2 fully saturated rings. The van der Waals surface area contributed by atoms with E-state index in [2.05, 4.69) is 0 Å². The summed E-state index contributed by atoms with van der Waals surface area (Å²) in [5.41, 5.74) is -0.592. The minimum Gasteiger partial charge on any atom is -0.396 e. The van der Waals surface area contributed by atoms with E-state index in [-0.39, 0.29) is 19.5 Å². The van der Waals surface area contributed by atoms with Crippen LogP contribution in [0.25, 0.3) is 0 Å². The highest BCUT2D eigenvalue weighted by Gasteiger charge is 2.38. The molecule has 0 atom stereocenters. The van der Waals surface area contributed by atoms with Crippen molar-refractivity contribution in [2.75, 3.05) is 26.4 Å². The second-order valence-corrected chi connectivity index (χ2v) is 5.20. The summed E-state index contributed by atoms with van der Waals surface area (Å²) in [4.78, 5) is 0. The van der Waals surface area contributed by atoms with Gasteiger partial charge in [-0.15, -0.1) is 0 Å². The average Bonchev–Trinajstić information content (AvgIpc) is 2.40. The molecule has 0 aromatic rings. The number of rotatable bonds is 3. The van der Waals surface area contributed by atoms with E-state index in [0.29, 0.717) is 19.1 Å². The largest absolute Gasteiger partial charge is 0.396 e. The van der Waals surface area contributed by atoms with Gasteiger partial charge in [0.05, 0.1) is 31.8 Å². The lowest BCUT2D eigenvalue weighted by molar-refractivity contribution is -0.264.